The Morgan fingerprint density at radius 2 is 2.16 bits per heavy atom. The number of nitrogens with one attached hydrogen (secondary N) is 1. The summed E-state index contributed by atoms with van der Waals surface area (Å²) in [6.45, 7) is 3.39. The fourth-order valence-corrected chi connectivity index (χ4v) is 2.13. The van der Waals surface area contributed by atoms with E-state index in [-0.39, 0.29) is 5.97 Å². The maximum absolute atomic E-state index is 11.0. The lowest BCUT2D eigenvalue weighted by Gasteiger charge is -2.04. The molecule has 0 saturated heterocycles. The second-order valence-electron chi connectivity index (χ2n) is 4.36. The van der Waals surface area contributed by atoms with Crippen molar-refractivity contribution in [2.75, 3.05) is 13.7 Å². The van der Waals surface area contributed by atoms with Crippen LogP contribution in [-0.4, -0.2) is 19.6 Å². The summed E-state index contributed by atoms with van der Waals surface area (Å²) >= 11 is 0. The second-order valence-corrected chi connectivity index (χ2v) is 4.36. The van der Waals surface area contributed by atoms with Crippen LogP contribution in [0.5, 0.6) is 0 Å². The molecular formula is C15H19NO3. The number of furan rings is 1. The molecule has 0 aliphatic heterocycles. The van der Waals surface area contributed by atoms with Gasteiger partial charge in [0, 0.05) is 30.5 Å². The van der Waals surface area contributed by atoms with Crippen molar-refractivity contribution in [2.45, 2.75) is 26.3 Å². The molecule has 1 N–H and O–H groups in total. The predicted octanol–water partition coefficient (Wildman–Crippen LogP) is 2.65. The first-order valence-corrected chi connectivity index (χ1v) is 6.53. The molecule has 0 aliphatic rings. The molecule has 1 heterocycles. The topological polar surface area (TPSA) is 51.5 Å². The maximum atomic E-state index is 11.0. The van der Waals surface area contributed by atoms with Crippen LogP contribution in [0.15, 0.2) is 28.7 Å². The van der Waals surface area contributed by atoms with Crippen LogP contribution < -0.4 is 5.32 Å². The Balaban J connectivity index is 2.05. The first-order valence-electron chi connectivity index (χ1n) is 6.53. The average Bonchev–Trinajstić information content (AvgIpc) is 2.81. The molecule has 0 fully saturated rings. The van der Waals surface area contributed by atoms with E-state index >= 15 is 0 Å². The number of benzene rings is 1. The van der Waals surface area contributed by atoms with Gasteiger partial charge in [-0.15, -0.1) is 0 Å². The standard InChI is InChI=1S/C15H19NO3/c1-3-13-12(10-16-9-8-15(17)18-2)11-6-4-5-7-14(11)19-13/h4-7,16H,3,8-10H2,1-2H3. The molecule has 0 bridgehead atoms. The summed E-state index contributed by atoms with van der Waals surface area (Å²) in [4.78, 5) is 11.0. The third-order valence-corrected chi connectivity index (χ3v) is 3.14. The van der Waals surface area contributed by atoms with Gasteiger partial charge in [0.2, 0.25) is 0 Å². The van der Waals surface area contributed by atoms with Gasteiger partial charge in [-0.05, 0) is 6.07 Å². The molecule has 1 aromatic carbocycles. The van der Waals surface area contributed by atoms with Crippen LogP contribution in [0.2, 0.25) is 0 Å². The highest BCUT2D eigenvalue weighted by atomic mass is 16.5. The largest absolute Gasteiger partial charge is 0.469 e. The highest BCUT2D eigenvalue weighted by molar-refractivity contribution is 5.82. The lowest BCUT2D eigenvalue weighted by atomic mass is 10.1. The third kappa shape index (κ3) is 3.15. The number of fused-ring (bicyclic) bond motifs is 1. The van der Waals surface area contributed by atoms with E-state index in [4.69, 9.17) is 4.42 Å². The number of carbonyl (C=O) groups excluding carboxylic acids is 1. The molecule has 102 valence electrons. The lowest BCUT2D eigenvalue weighted by Crippen LogP contribution is -2.18. The zero-order valence-corrected chi connectivity index (χ0v) is 11.4. The number of methoxy groups -OCH3 is 1. The van der Waals surface area contributed by atoms with Crippen LogP contribution in [0.4, 0.5) is 0 Å². The Bertz CT molecular complexity index is 560. The van der Waals surface area contributed by atoms with Crippen molar-refractivity contribution in [3.05, 3.63) is 35.6 Å². The Morgan fingerprint density at radius 3 is 2.89 bits per heavy atom. The van der Waals surface area contributed by atoms with E-state index in [1.54, 1.807) is 0 Å². The molecule has 2 aromatic rings. The van der Waals surface area contributed by atoms with Crippen LogP contribution in [0.25, 0.3) is 11.0 Å². The Kier molecular flexibility index (Phi) is 4.58. The van der Waals surface area contributed by atoms with Crippen molar-refractivity contribution in [2.24, 2.45) is 0 Å². The molecule has 2 rings (SSSR count). The van der Waals surface area contributed by atoms with Crippen molar-refractivity contribution < 1.29 is 13.9 Å². The van der Waals surface area contributed by atoms with Gasteiger partial charge in [0.1, 0.15) is 11.3 Å². The van der Waals surface area contributed by atoms with Gasteiger partial charge < -0.3 is 14.5 Å². The SMILES string of the molecule is CCc1oc2ccccc2c1CNCCC(=O)OC. The summed E-state index contributed by atoms with van der Waals surface area (Å²) in [5.74, 6) is 0.812. The molecule has 19 heavy (non-hydrogen) atoms. The average molecular weight is 261 g/mol. The van der Waals surface area contributed by atoms with Gasteiger partial charge in [0.05, 0.1) is 13.5 Å². The fourth-order valence-electron chi connectivity index (χ4n) is 2.13. The summed E-state index contributed by atoms with van der Waals surface area (Å²) < 4.78 is 10.4. The first-order chi connectivity index (χ1) is 9.26. The molecule has 0 aliphatic carbocycles. The maximum Gasteiger partial charge on any atom is 0.306 e. The van der Waals surface area contributed by atoms with E-state index in [9.17, 15) is 4.79 Å². The number of hydrogen-bond donors (Lipinski definition) is 1. The lowest BCUT2D eigenvalue weighted by molar-refractivity contribution is -0.140. The minimum Gasteiger partial charge on any atom is -0.469 e. The Labute approximate surface area is 112 Å². The number of ether oxygens (including phenoxy) is 1. The van der Waals surface area contributed by atoms with Gasteiger partial charge in [0.25, 0.3) is 0 Å². The number of aryl methyl sites for hydroxylation is 1. The number of carbonyl (C=O) groups is 1. The van der Waals surface area contributed by atoms with E-state index in [1.807, 2.05) is 18.2 Å². The van der Waals surface area contributed by atoms with Gasteiger partial charge in [-0.3, -0.25) is 4.79 Å². The zero-order chi connectivity index (χ0) is 13.7. The minimum absolute atomic E-state index is 0.194. The highest BCUT2D eigenvalue weighted by Gasteiger charge is 2.11. The molecular weight excluding hydrogens is 242 g/mol. The van der Waals surface area contributed by atoms with Crippen molar-refractivity contribution in [1.29, 1.82) is 0 Å². The fraction of sp³-hybridized carbons (Fsp3) is 0.400. The van der Waals surface area contributed by atoms with E-state index in [0.29, 0.717) is 19.5 Å². The molecule has 0 amide bonds. The van der Waals surface area contributed by atoms with E-state index in [1.165, 1.54) is 12.7 Å². The summed E-state index contributed by atoms with van der Waals surface area (Å²) in [6, 6.07) is 8.02. The number of rotatable bonds is 6. The molecule has 4 nitrogen and oxygen atoms in total. The van der Waals surface area contributed by atoms with Crippen LogP contribution in [0.1, 0.15) is 24.7 Å². The molecule has 1 aromatic heterocycles. The predicted molar refractivity (Wildman–Crippen MR) is 73.9 cm³/mol. The van der Waals surface area contributed by atoms with Crippen LogP contribution in [0.3, 0.4) is 0 Å². The summed E-state index contributed by atoms with van der Waals surface area (Å²) in [7, 11) is 1.40. The van der Waals surface area contributed by atoms with Crippen molar-refractivity contribution >= 4 is 16.9 Å². The van der Waals surface area contributed by atoms with Crippen LogP contribution in [-0.2, 0) is 22.5 Å². The quantitative estimate of drug-likeness (QED) is 0.641. The number of esters is 1. The number of para-hydroxylation sites is 1. The first kappa shape index (κ1) is 13.6. The van der Waals surface area contributed by atoms with Gasteiger partial charge in [-0.2, -0.15) is 0 Å². The summed E-state index contributed by atoms with van der Waals surface area (Å²) in [5.41, 5.74) is 2.10. The molecule has 0 atom stereocenters. The Morgan fingerprint density at radius 1 is 1.37 bits per heavy atom. The normalized spacial score (nSPS) is 10.8. The monoisotopic (exact) mass is 261 g/mol. The van der Waals surface area contributed by atoms with Gasteiger partial charge in [-0.25, -0.2) is 0 Å². The third-order valence-electron chi connectivity index (χ3n) is 3.14. The summed E-state index contributed by atoms with van der Waals surface area (Å²) in [5, 5.41) is 4.40. The van der Waals surface area contributed by atoms with Gasteiger partial charge in [0.15, 0.2) is 0 Å². The second kappa shape index (κ2) is 6.38. The number of hydrogen-bond acceptors (Lipinski definition) is 4. The minimum atomic E-state index is -0.194. The molecule has 0 saturated carbocycles. The Hall–Kier alpha value is -1.81. The zero-order valence-electron chi connectivity index (χ0n) is 11.4. The van der Waals surface area contributed by atoms with E-state index in [2.05, 4.69) is 23.0 Å². The van der Waals surface area contributed by atoms with Crippen molar-refractivity contribution in [3.63, 3.8) is 0 Å². The van der Waals surface area contributed by atoms with Crippen LogP contribution in [0, 0.1) is 0 Å². The van der Waals surface area contributed by atoms with Crippen molar-refractivity contribution in [3.8, 4) is 0 Å². The van der Waals surface area contributed by atoms with Crippen LogP contribution >= 0.6 is 0 Å². The van der Waals surface area contributed by atoms with Gasteiger partial charge in [-0.1, -0.05) is 25.1 Å². The molecule has 0 radical (unpaired) electrons. The van der Waals surface area contributed by atoms with Crippen molar-refractivity contribution in [1.82, 2.24) is 5.32 Å². The molecule has 4 heteroatoms. The highest BCUT2D eigenvalue weighted by Crippen LogP contribution is 2.26. The smallest absolute Gasteiger partial charge is 0.306 e. The van der Waals surface area contributed by atoms with E-state index in [0.717, 1.165) is 23.2 Å². The van der Waals surface area contributed by atoms with Gasteiger partial charge >= 0.3 is 5.97 Å². The molecule has 0 unspecified atom stereocenters. The van der Waals surface area contributed by atoms with E-state index < -0.39 is 0 Å². The molecule has 0 spiro atoms. The summed E-state index contributed by atoms with van der Waals surface area (Å²) in [6.07, 6.45) is 1.25.